The van der Waals surface area contributed by atoms with Crippen molar-refractivity contribution in [2.24, 2.45) is 0 Å². The summed E-state index contributed by atoms with van der Waals surface area (Å²) < 4.78 is 2.88. The van der Waals surface area contributed by atoms with Gasteiger partial charge in [0.1, 0.15) is 0 Å². The van der Waals surface area contributed by atoms with Crippen LogP contribution in [0, 0.1) is 3.57 Å². The van der Waals surface area contributed by atoms with E-state index in [0.717, 1.165) is 14.8 Å². The summed E-state index contributed by atoms with van der Waals surface area (Å²) in [6.45, 7) is 4.15. The third-order valence-electron chi connectivity index (χ3n) is 2.92. The first kappa shape index (κ1) is 14.8. The lowest BCUT2D eigenvalue weighted by Crippen LogP contribution is -2.05. The van der Waals surface area contributed by atoms with E-state index in [1.54, 1.807) is 0 Å². The second-order valence-electron chi connectivity index (χ2n) is 4.77. The van der Waals surface area contributed by atoms with Crippen LogP contribution in [-0.2, 0) is 6.42 Å². The molecule has 3 nitrogen and oxygen atoms in total. The zero-order valence-corrected chi connectivity index (χ0v) is 13.8. The summed E-state index contributed by atoms with van der Waals surface area (Å²) in [5.41, 5.74) is 1.71. The second-order valence-corrected chi connectivity index (χ2v) is 6.34. The lowest BCUT2D eigenvalue weighted by Gasteiger charge is -2.10. The number of halogens is 2. The number of aliphatic hydroxyl groups excluding tert-OH is 1. The first-order valence-electron chi connectivity index (χ1n) is 6.14. The van der Waals surface area contributed by atoms with Crippen molar-refractivity contribution in [3.8, 4) is 0 Å². The van der Waals surface area contributed by atoms with Gasteiger partial charge in [0.25, 0.3) is 0 Å². The van der Waals surface area contributed by atoms with Gasteiger partial charge in [0.2, 0.25) is 0 Å². The summed E-state index contributed by atoms with van der Waals surface area (Å²) in [6, 6.07) is 7.90. The van der Waals surface area contributed by atoms with Gasteiger partial charge in [-0.3, -0.25) is 4.68 Å². The first-order valence-corrected chi connectivity index (χ1v) is 7.60. The standard InChI is InChI=1S/C14H16ClIN2O/c1-9(2)18-6-5-11(17-18)8-14(19)10-3-4-13(16)12(15)7-10/h3-7,9,14,19H,8H2,1-2H3. The quantitative estimate of drug-likeness (QED) is 0.802. The average molecular weight is 391 g/mol. The predicted octanol–water partition coefficient (Wildman–Crippen LogP) is 4.00. The van der Waals surface area contributed by atoms with Gasteiger partial charge >= 0.3 is 0 Å². The fraction of sp³-hybridized carbons (Fsp3) is 0.357. The predicted molar refractivity (Wildman–Crippen MR) is 85.4 cm³/mol. The van der Waals surface area contributed by atoms with Crippen LogP contribution in [0.2, 0.25) is 5.02 Å². The molecular formula is C14H16ClIN2O. The van der Waals surface area contributed by atoms with E-state index in [2.05, 4.69) is 41.5 Å². The average Bonchev–Trinajstić information content (AvgIpc) is 2.81. The van der Waals surface area contributed by atoms with Crippen LogP contribution in [0.25, 0.3) is 0 Å². The molecule has 1 aromatic carbocycles. The minimum Gasteiger partial charge on any atom is -0.388 e. The fourth-order valence-electron chi connectivity index (χ4n) is 1.81. The second kappa shape index (κ2) is 6.24. The number of rotatable bonds is 4. The van der Waals surface area contributed by atoms with Gasteiger partial charge in [-0.05, 0) is 60.2 Å². The Hall–Kier alpha value is -0.590. The van der Waals surface area contributed by atoms with E-state index in [1.807, 2.05) is 35.1 Å². The molecule has 2 rings (SSSR count). The van der Waals surface area contributed by atoms with Crippen molar-refractivity contribution in [3.63, 3.8) is 0 Å². The van der Waals surface area contributed by atoms with Gasteiger partial charge < -0.3 is 5.11 Å². The Kier molecular flexibility index (Phi) is 4.86. The van der Waals surface area contributed by atoms with E-state index in [1.165, 1.54) is 0 Å². The first-order chi connectivity index (χ1) is 8.97. The molecule has 5 heteroatoms. The molecule has 0 saturated carbocycles. The van der Waals surface area contributed by atoms with Crippen molar-refractivity contribution in [3.05, 3.63) is 50.3 Å². The van der Waals surface area contributed by atoms with Crippen molar-refractivity contribution in [2.45, 2.75) is 32.4 Å². The maximum Gasteiger partial charge on any atom is 0.0846 e. The Morgan fingerprint density at radius 3 is 2.68 bits per heavy atom. The maximum atomic E-state index is 10.2. The van der Waals surface area contributed by atoms with E-state index < -0.39 is 6.10 Å². The highest BCUT2D eigenvalue weighted by molar-refractivity contribution is 14.1. The fourth-order valence-corrected chi connectivity index (χ4v) is 2.33. The third-order valence-corrected chi connectivity index (χ3v) is 4.50. The van der Waals surface area contributed by atoms with Crippen LogP contribution >= 0.6 is 34.2 Å². The van der Waals surface area contributed by atoms with Crippen molar-refractivity contribution >= 4 is 34.2 Å². The molecule has 1 unspecified atom stereocenters. The molecule has 19 heavy (non-hydrogen) atoms. The SMILES string of the molecule is CC(C)n1ccc(CC(O)c2ccc(I)c(Cl)c2)n1. The number of aromatic nitrogens is 2. The topological polar surface area (TPSA) is 38.0 Å². The molecule has 0 radical (unpaired) electrons. The zero-order valence-electron chi connectivity index (χ0n) is 10.8. The number of hydrogen-bond acceptors (Lipinski definition) is 2. The highest BCUT2D eigenvalue weighted by atomic mass is 127. The molecule has 102 valence electrons. The van der Waals surface area contributed by atoms with Gasteiger partial charge in [-0.1, -0.05) is 17.7 Å². The molecule has 0 aliphatic heterocycles. The summed E-state index contributed by atoms with van der Waals surface area (Å²) in [5.74, 6) is 0. The van der Waals surface area contributed by atoms with E-state index in [4.69, 9.17) is 11.6 Å². The Morgan fingerprint density at radius 1 is 1.37 bits per heavy atom. The van der Waals surface area contributed by atoms with E-state index in [0.29, 0.717) is 17.5 Å². The van der Waals surface area contributed by atoms with Gasteiger partial charge in [-0.15, -0.1) is 0 Å². The van der Waals surface area contributed by atoms with Crippen molar-refractivity contribution in [1.82, 2.24) is 9.78 Å². The van der Waals surface area contributed by atoms with Gasteiger partial charge in [0.05, 0.1) is 16.8 Å². The monoisotopic (exact) mass is 390 g/mol. The van der Waals surface area contributed by atoms with Crippen molar-refractivity contribution in [2.75, 3.05) is 0 Å². The summed E-state index contributed by atoms with van der Waals surface area (Å²) in [4.78, 5) is 0. The van der Waals surface area contributed by atoms with Gasteiger partial charge in [0, 0.05) is 22.2 Å². The van der Waals surface area contributed by atoms with E-state index in [9.17, 15) is 5.11 Å². The molecule has 0 bridgehead atoms. The number of benzene rings is 1. The van der Waals surface area contributed by atoms with Crippen LogP contribution < -0.4 is 0 Å². The summed E-state index contributed by atoms with van der Waals surface area (Å²) >= 11 is 8.24. The molecule has 2 aromatic rings. The lowest BCUT2D eigenvalue weighted by molar-refractivity contribution is 0.177. The summed E-state index contributed by atoms with van der Waals surface area (Å²) in [6.07, 6.45) is 1.86. The Labute approximate surface area is 131 Å². The normalized spacial score (nSPS) is 12.9. The number of nitrogens with zero attached hydrogens (tertiary/aromatic N) is 2. The zero-order chi connectivity index (χ0) is 14.0. The number of aliphatic hydroxyl groups is 1. The molecule has 1 atom stereocenters. The third kappa shape index (κ3) is 3.70. The van der Waals surface area contributed by atoms with Crippen LogP contribution in [0.5, 0.6) is 0 Å². The minimum atomic E-state index is -0.579. The van der Waals surface area contributed by atoms with Crippen LogP contribution in [0.1, 0.15) is 37.3 Å². The van der Waals surface area contributed by atoms with Crippen LogP contribution in [0.3, 0.4) is 0 Å². The summed E-state index contributed by atoms with van der Waals surface area (Å²) in [5, 5.41) is 15.3. The molecule has 0 aliphatic rings. The highest BCUT2D eigenvalue weighted by Gasteiger charge is 2.12. The Balaban J connectivity index is 2.11. The molecular weight excluding hydrogens is 375 g/mol. The van der Waals surface area contributed by atoms with Crippen LogP contribution in [-0.4, -0.2) is 14.9 Å². The minimum absolute atomic E-state index is 0.332. The Morgan fingerprint density at radius 2 is 2.11 bits per heavy atom. The molecule has 0 amide bonds. The maximum absolute atomic E-state index is 10.2. The van der Waals surface area contributed by atoms with Crippen LogP contribution in [0.4, 0.5) is 0 Å². The van der Waals surface area contributed by atoms with Crippen LogP contribution in [0.15, 0.2) is 30.5 Å². The number of hydrogen-bond donors (Lipinski definition) is 1. The van der Waals surface area contributed by atoms with Crippen molar-refractivity contribution in [1.29, 1.82) is 0 Å². The lowest BCUT2D eigenvalue weighted by atomic mass is 10.1. The van der Waals surface area contributed by atoms with Gasteiger partial charge in [-0.25, -0.2) is 0 Å². The van der Waals surface area contributed by atoms with E-state index >= 15 is 0 Å². The van der Waals surface area contributed by atoms with E-state index in [-0.39, 0.29) is 0 Å². The molecule has 0 spiro atoms. The molecule has 0 fully saturated rings. The smallest absolute Gasteiger partial charge is 0.0846 e. The molecule has 0 saturated heterocycles. The highest BCUT2D eigenvalue weighted by Crippen LogP contribution is 2.25. The molecule has 1 heterocycles. The summed E-state index contributed by atoms with van der Waals surface area (Å²) in [7, 11) is 0. The Bertz CT molecular complexity index is 568. The van der Waals surface area contributed by atoms with Gasteiger partial charge in [0.15, 0.2) is 0 Å². The molecule has 1 aromatic heterocycles. The molecule has 1 N–H and O–H groups in total. The van der Waals surface area contributed by atoms with Crippen molar-refractivity contribution < 1.29 is 5.11 Å². The largest absolute Gasteiger partial charge is 0.388 e. The molecule has 0 aliphatic carbocycles. The van der Waals surface area contributed by atoms with Gasteiger partial charge in [-0.2, -0.15) is 5.10 Å².